The number of ether oxygens (including phenoxy) is 2. The van der Waals surface area contributed by atoms with E-state index in [9.17, 15) is 14.7 Å². The quantitative estimate of drug-likeness (QED) is 0.896. The van der Waals surface area contributed by atoms with Crippen LogP contribution >= 0.6 is 0 Å². The maximum atomic E-state index is 12.5. The molecule has 0 aliphatic carbocycles. The van der Waals surface area contributed by atoms with Crippen LogP contribution in [0.4, 0.5) is 0 Å². The molecule has 0 fully saturated rings. The summed E-state index contributed by atoms with van der Waals surface area (Å²) >= 11 is 0. The monoisotopic (exact) mass is 328 g/mol. The maximum Gasteiger partial charge on any atom is 0.307 e. The van der Waals surface area contributed by atoms with Crippen molar-refractivity contribution in [1.82, 2.24) is 0 Å². The van der Waals surface area contributed by atoms with E-state index in [1.54, 1.807) is 18.2 Å². The van der Waals surface area contributed by atoms with E-state index in [2.05, 4.69) is 0 Å². The molecule has 0 radical (unpaired) electrons. The molecule has 2 aromatic carbocycles. The Morgan fingerprint density at radius 1 is 1.29 bits per heavy atom. The molecule has 2 N–H and O–H groups in total. The highest BCUT2D eigenvalue weighted by Crippen LogP contribution is 2.39. The molecular formula is C18H16O6. The minimum atomic E-state index is -1.00. The zero-order valence-electron chi connectivity index (χ0n) is 13.0. The van der Waals surface area contributed by atoms with Crippen molar-refractivity contribution in [2.24, 2.45) is 0 Å². The minimum absolute atomic E-state index is 0.122. The van der Waals surface area contributed by atoms with Gasteiger partial charge in [0, 0.05) is 11.6 Å². The fourth-order valence-electron chi connectivity index (χ4n) is 2.76. The van der Waals surface area contributed by atoms with Crippen molar-refractivity contribution in [3.05, 3.63) is 53.1 Å². The zero-order chi connectivity index (χ0) is 17.3. The van der Waals surface area contributed by atoms with Gasteiger partial charge < -0.3 is 19.7 Å². The summed E-state index contributed by atoms with van der Waals surface area (Å²) in [5, 5.41) is 18.3. The lowest BCUT2D eigenvalue weighted by Crippen LogP contribution is -2.21. The molecule has 124 valence electrons. The number of ketones is 1. The summed E-state index contributed by atoms with van der Waals surface area (Å²) in [7, 11) is 1.44. The molecule has 1 heterocycles. The average molecular weight is 328 g/mol. The lowest BCUT2D eigenvalue weighted by Gasteiger charge is -2.26. The number of Topliss-reactive ketones (excluding diaryl/α,β-unsaturated/α-hetero) is 1. The summed E-state index contributed by atoms with van der Waals surface area (Å²) in [6.07, 6.45) is -0.539. The van der Waals surface area contributed by atoms with E-state index in [1.807, 2.05) is 0 Å². The molecule has 0 saturated heterocycles. The largest absolute Gasteiger partial charge is 0.508 e. The van der Waals surface area contributed by atoms with Gasteiger partial charge in [-0.05, 0) is 23.8 Å². The van der Waals surface area contributed by atoms with Crippen molar-refractivity contribution in [3.8, 4) is 17.2 Å². The predicted octanol–water partition coefficient (Wildman–Crippen LogP) is 2.73. The predicted molar refractivity (Wildman–Crippen MR) is 84.8 cm³/mol. The van der Waals surface area contributed by atoms with Crippen molar-refractivity contribution in [3.63, 3.8) is 0 Å². The van der Waals surface area contributed by atoms with E-state index in [0.717, 1.165) is 5.56 Å². The van der Waals surface area contributed by atoms with Crippen molar-refractivity contribution in [2.45, 2.75) is 18.9 Å². The molecule has 1 atom stereocenters. The third-order valence-electron chi connectivity index (χ3n) is 3.93. The normalized spacial score (nSPS) is 16.2. The Balaban J connectivity index is 1.96. The minimum Gasteiger partial charge on any atom is -0.508 e. The van der Waals surface area contributed by atoms with Crippen molar-refractivity contribution < 1.29 is 29.3 Å². The van der Waals surface area contributed by atoms with Crippen LogP contribution in [0.15, 0.2) is 36.4 Å². The Morgan fingerprint density at radius 3 is 2.62 bits per heavy atom. The zero-order valence-corrected chi connectivity index (χ0v) is 13.0. The van der Waals surface area contributed by atoms with Gasteiger partial charge in [0.15, 0.2) is 5.78 Å². The first-order valence-electron chi connectivity index (χ1n) is 7.39. The summed E-state index contributed by atoms with van der Waals surface area (Å²) in [6, 6.07) is 9.56. The number of rotatable bonds is 4. The summed E-state index contributed by atoms with van der Waals surface area (Å²) in [4.78, 5) is 23.4. The van der Waals surface area contributed by atoms with E-state index >= 15 is 0 Å². The first kappa shape index (κ1) is 15.9. The number of hydrogen-bond acceptors (Lipinski definition) is 5. The molecular weight excluding hydrogens is 312 g/mol. The highest BCUT2D eigenvalue weighted by molar-refractivity contribution is 6.00. The molecule has 0 bridgehead atoms. The van der Waals surface area contributed by atoms with Gasteiger partial charge in [0.1, 0.15) is 23.4 Å². The average Bonchev–Trinajstić information content (AvgIpc) is 2.55. The van der Waals surface area contributed by atoms with Gasteiger partial charge in [-0.15, -0.1) is 0 Å². The van der Waals surface area contributed by atoms with E-state index in [4.69, 9.17) is 14.6 Å². The molecule has 0 spiro atoms. The van der Waals surface area contributed by atoms with Crippen molar-refractivity contribution in [1.29, 1.82) is 0 Å². The molecule has 24 heavy (non-hydrogen) atoms. The smallest absolute Gasteiger partial charge is 0.307 e. The fourth-order valence-corrected chi connectivity index (χ4v) is 2.76. The Morgan fingerprint density at radius 2 is 2.00 bits per heavy atom. The van der Waals surface area contributed by atoms with Crippen LogP contribution in [-0.2, 0) is 11.2 Å². The number of benzene rings is 2. The van der Waals surface area contributed by atoms with Gasteiger partial charge in [0.2, 0.25) is 0 Å². The second-order valence-corrected chi connectivity index (χ2v) is 5.56. The number of aliphatic carboxylic acids is 1. The molecule has 6 nitrogen and oxygen atoms in total. The third-order valence-corrected chi connectivity index (χ3v) is 3.93. The molecule has 6 heteroatoms. The number of carboxylic acid groups (broad SMARTS) is 1. The number of carbonyl (C=O) groups excluding carboxylic acids is 1. The Hall–Kier alpha value is -3.02. The van der Waals surface area contributed by atoms with Gasteiger partial charge in [0.05, 0.1) is 25.5 Å². The van der Waals surface area contributed by atoms with E-state index in [1.165, 1.54) is 25.3 Å². The number of methoxy groups -OCH3 is 1. The second kappa shape index (κ2) is 6.23. The van der Waals surface area contributed by atoms with Crippen LogP contribution in [0, 0.1) is 0 Å². The fraction of sp³-hybridized carbons (Fsp3) is 0.222. The molecule has 3 rings (SSSR count). The highest BCUT2D eigenvalue weighted by atomic mass is 16.5. The number of carboxylic acids is 1. The molecule has 0 amide bonds. The van der Waals surface area contributed by atoms with Crippen LogP contribution in [0.5, 0.6) is 17.2 Å². The van der Waals surface area contributed by atoms with Gasteiger partial charge in [-0.3, -0.25) is 9.59 Å². The Bertz CT molecular complexity index is 794. The first-order valence-corrected chi connectivity index (χ1v) is 7.39. The summed E-state index contributed by atoms with van der Waals surface area (Å²) in [6.45, 7) is 0. The van der Waals surface area contributed by atoms with Crippen molar-refractivity contribution >= 4 is 11.8 Å². The topological polar surface area (TPSA) is 93.1 Å². The second-order valence-electron chi connectivity index (χ2n) is 5.56. The van der Waals surface area contributed by atoms with Crippen LogP contribution < -0.4 is 9.47 Å². The molecule has 2 aromatic rings. The van der Waals surface area contributed by atoms with Crippen LogP contribution in [0.1, 0.15) is 34.0 Å². The molecule has 1 aliphatic rings. The summed E-state index contributed by atoms with van der Waals surface area (Å²) in [5.41, 5.74) is 1.58. The number of phenolic OH excluding ortho intramolecular Hbond substituents is 1. The lowest BCUT2D eigenvalue weighted by molar-refractivity contribution is -0.136. The van der Waals surface area contributed by atoms with Gasteiger partial charge in [-0.1, -0.05) is 12.1 Å². The van der Waals surface area contributed by atoms with E-state index in [0.29, 0.717) is 22.6 Å². The van der Waals surface area contributed by atoms with Crippen molar-refractivity contribution in [2.75, 3.05) is 7.11 Å². The first-order chi connectivity index (χ1) is 11.5. The standard InChI is InChI=1S/C18H16O6/c1-23-15-9-17-13(6-11(15)7-18(21)22)14(20)8-16(24-17)10-2-4-12(19)5-3-10/h2-6,9,16,19H,7-8H2,1H3,(H,21,22)/t16-/m1/s1. The number of hydrogen-bond donors (Lipinski definition) is 2. The van der Waals surface area contributed by atoms with Gasteiger partial charge in [-0.2, -0.15) is 0 Å². The van der Waals surface area contributed by atoms with E-state index in [-0.39, 0.29) is 24.4 Å². The Labute approximate surface area is 138 Å². The molecule has 0 saturated carbocycles. The summed E-state index contributed by atoms with van der Waals surface area (Å²) in [5.74, 6) is -0.241. The van der Waals surface area contributed by atoms with E-state index < -0.39 is 12.1 Å². The molecule has 0 aromatic heterocycles. The van der Waals surface area contributed by atoms with Gasteiger partial charge in [0.25, 0.3) is 0 Å². The Kier molecular flexibility index (Phi) is 4.12. The van der Waals surface area contributed by atoms with Crippen LogP contribution in [0.2, 0.25) is 0 Å². The van der Waals surface area contributed by atoms with Gasteiger partial charge in [-0.25, -0.2) is 0 Å². The number of phenols is 1. The summed E-state index contributed by atoms with van der Waals surface area (Å²) < 4.78 is 11.1. The number of carbonyl (C=O) groups is 2. The molecule has 0 unspecified atom stereocenters. The maximum absolute atomic E-state index is 12.5. The number of aromatic hydroxyl groups is 1. The van der Waals surface area contributed by atoms with Gasteiger partial charge >= 0.3 is 5.97 Å². The lowest BCUT2D eigenvalue weighted by atomic mass is 9.94. The third kappa shape index (κ3) is 3.03. The van der Waals surface area contributed by atoms with Crippen LogP contribution in [0.25, 0.3) is 0 Å². The SMILES string of the molecule is COc1cc2c(cc1CC(=O)O)C(=O)C[C@H](c1ccc(O)cc1)O2. The number of fused-ring (bicyclic) bond motifs is 1. The van der Waals surface area contributed by atoms with Crippen LogP contribution in [0.3, 0.4) is 0 Å². The highest BCUT2D eigenvalue weighted by Gasteiger charge is 2.29. The van der Waals surface area contributed by atoms with Crippen LogP contribution in [-0.4, -0.2) is 29.1 Å². The molecule has 1 aliphatic heterocycles.